The van der Waals surface area contributed by atoms with Gasteiger partial charge in [-0.05, 0) is 63.1 Å². The van der Waals surface area contributed by atoms with Crippen molar-refractivity contribution in [3.63, 3.8) is 0 Å². The van der Waals surface area contributed by atoms with Gasteiger partial charge in [0.25, 0.3) is 5.91 Å². The molecule has 1 aliphatic heterocycles. The van der Waals surface area contributed by atoms with Crippen LogP contribution in [-0.2, 0) is 9.53 Å². The zero-order valence-corrected chi connectivity index (χ0v) is 21.5. The molecule has 1 unspecified atom stereocenters. The normalized spacial score (nSPS) is 15.5. The molecule has 1 heterocycles. The Morgan fingerprint density at radius 2 is 1.74 bits per heavy atom. The zero-order chi connectivity index (χ0) is 25.6. The summed E-state index contributed by atoms with van der Waals surface area (Å²) < 4.78 is 10.4. The summed E-state index contributed by atoms with van der Waals surface area (Å²) in [6.45, 7) is 8.26. The molecule has 1 N–H and O–H groups in total. The molecule has 0 saturated carbocycles. The van der Waals surface area contributed by atoms with Gasteiger partial charge in [-0.2, -0.15) is 5.10 Å². The Kier molecular flexibility index (Phi) is 8.51. The summed E-state index contributed by atoms with van der Waals surface area (Å²) in [5.41, 5.74) is 3.46. The third kappa shape index (κ3) is 7.05. The minimum atomic E-state index is -0.427. The van der Waals surface area contributed by atoms with Crippen LogP contribution in [0.3, 0.4) is 0 Å². The van der Waals surface area contributed by atoms with E-state index < -0.39 is 5.54 Å². The summed E-state index contributed by atoms with van der Waals surface area (Å²) in [5, 5.41) is 9.19. The maximum absolute atomic E-state index is 13.6. The second-order valence-corrected chi connectivity index (χ2v) is 9.74. The van der Waals surface area contributed by atoms with Crippen molar-refractivity contribution < 1.29 is 19.1 Å². The molecule has 0 bridgehead atoms. The van der Waals surface area contributed by atoms with Crippen LogP contribution in [0, 0.1) is 6.92 Å². The highest BCUT2D eigenvalue weighted by molar-refractivity contribution is 6.03. The van der Waals surface area contributed by atoms with E-state index in [1.54, 1.807) is 14.2 Å². The van der Waals surface area contributed by atoms with Gasteiger partial charge >= 0.3 is 6.03 Å². The molecule has 3 amide bonds. The van der Waals surface area contributed by atoms with E-state index in [0.717, 1.165) is 28.2 Å². The lowest BCUT2D eigenvalue weighted by atomic mass is 9.97. The van der Waals surface area contributed by atoms with Crippen LogP contribution in [-0.4, -0.2) is 67.0 Å². The van der Waals surface area contributed by atoms with Crippen LogP contribution < -0.4 is 10.1 Å². The van der Waals surface area contributed by atoms with E-state index in [1.807, 2.05) is 76.2 Å². The molecule has 8 nitrogen and oxygen atoms in total. The van der Waals surface area contributed by atoms with Crippen LogP contribution in [0.5, 0.6) is 5.75 Å². The Balaban J connectivity index is 1.88. The molecule has 8 heteroatoms. The molecule has 0 saturated heterocycles. The summed E-state index contributed by atoms with van der Waals surface area (Å²) in [6, 6.07) is 15.2. The van der Waals surface area contributed by atoms with Crippen LogP contribution in [0.1, 0.15) is 49.9 Å². The lowest BCUT2D eigenvalue weighted by Gasteiger charge is -2.30. The molecule has 35 heavy (non-hydrogen) atoms. The number of methoxy groups -OCH3 is 2. The fourth-order valence-corrected chi connectivity index (χ4v) is 3.84. The first kappa shape index (κ1) is 26.2. The number of nitrogens with zero attached hydrogens (tertiary/aromatic N) is 3. The highest BCUT2D eigenvalue weighted by Gasteiger charge is 2.34. The first-order valence-electron chi connectivity index (χ1n) is 11.8. The second-order valence-electron chi connectivity index (χ2n) is 9.74. The van der Waals surface area contributed by atoms with Crippen molar-refractivity contribution in [3.8, 4) is 5.75 Å². The Bertz CT molecular complexity index is 1040. The minimum Gasteiger partial charge on any atom is -0.497 e. The largest absolute Gasteiger partial charge is 0.497 e. The summed E-state index contributed by atoms with van der Waals surface area (Å²) >= 11 is 0. The fourth-order valence-electron chi connectivity index (χ4n) is 3.84. The topological polar surface area (TPSA) is 83.5 Å². The average Bonchev–Trinajstić information content (AvgIpc) is 3.26. The van der Waals surface area contributed by atoms with Gasteiger partial charge in [-0.15, -0.1) is 0 Å². The van der Waals surface area contributed by atoms with Crippen LogP contribution in [0.4, 0.5) is 4.79 Å². The highest BCUT2D eigenvalue weighted by Crippen LogP contribution is 2.33. The van der Waals surface area contributed by atoms with E-state index in [-0.39, 0.29) is 24.5 Å². The molecule has 1 aliphatic rings. The average molecular weight is 481 g/mol. The van der Waals surface area contributed by atoms with E-state index in [4.69, 9.17) is 14.6 Å². The number of hydrogen-bond donors (Lipinski definition) is 1. The van der Waals surface area contributed by atoms with Crippen molar-refractivity contribution >= 4 is 17.6 Å². The van der Waals surface area contributed by atoms with Crippen molar-refractivity contribution in [1.29, 1.82) is 0 Å². The van der Waals surface area contributed by atoms with E-state index in [9.17, 15) is 9.59 Å². The van der Waals surface area contributed by atoms with Crippen LogP contribution in [0.2, 0.25) is 0 Å². The standard InChI is InChI=1S/C27H36N4O4/c1-19-7-9-21(10-8-19)24-17-23(20-11-13-22(35-6)14-12-20)29-31(24)25(32)18-30(15-16-34-5)26(33)28-27(2,3)4/h7-14,24H,15-18H2,1-6H3,(H,28,33). The zero-order valence-electron chi connectivity index (χ0n) is 21.5. The van der Waals surface area contributed by atoms with Gasteiger partial charge in [0.2, 0.25) is 0 Å². The number of urea groups is 1. The number of carbonyl (C=O) groups excluding carboxylic acids is 2. The van der Waals surface area contributed by atoms with Crippen molar-refractivity contribution in [3.05, 3.63) is 65.2 Å². The van der Waals surface area contributed by atoms with Gasteiger partial charge < -0.3 is 19.7 Å². The highest BCUT2D eigenvalue weighted by atomic mass is 16.5. The minimum absolute atomic E-state index is 0.104. The molecule has 2 aromatic rings. The molecular formula is C27H36N4O4. The number of nitrogens with one attached hydrogen (secondary N) is 1. The number of hydrazone groups is 1. The van der Waals surface area contributed by atoms with Gasteiger partial charge in [0.15, 0.2) is 0 Å². The van der Waals surface area contributed by atoms with Crippen LogP contribution >= 0.6 is 0 Å². The summed E-state index contributed by atoms with van der Waals surface area (Å²) in [4.78, 5) is 27.9. The smallest absolute Gasteiger partial charge is 0.318 e. The molecule has 0 radical (unpaired) electrons. The van der Waals surface area contributed by atoms with E-state index >= 15 is 0 Å². The predicted octanol–water partition coefficient (Wildman–Crippen LogP) is 4.14. The van der Waals surface area contributed by atoms with Crippen molar-refractivity contribution in [1.82, 2.24) is 15.2 Å². The lowest BCUT2D eigenvalue weighted by molar-refractivity contribution is -0.133. The Labute approximate surface area is 207 Å². The Morgan fingerprint density at radius 1 is 1.09 bits per heavy atom. The molecule has 0 aliphatic carbocycles. The number of ether oxygens (including phenoxy) is 2. The van der Waals surface area contributed by atoms with Crippen LogP contribution in [0.25, 0.3) is 0 Å². The SMILES string of the molecule is COCCN(CC(=O)N1N=C(c2ccc(OC)cc2)CC1c1ccc(C)cc1)C(=O)NC(C)(C)C. The Hall–Kier alpha value is -3.39. The number of aryl methyl sites for hydroxylation is 1. The second kappa shape index (κ2) is 11.4. The number of benzene rings is 2. The third-order valence-electron chi connectivity index (χ3n) is 5.71. The first-order valence-corrected chi connectivity index (χ1v) is 11.8. The van der Waals surface area contributed by atoms with Gasteiger partial charge in [-0.3, -0.25) is 4.79 Å². The molecule has 0 spiro atoms. The van der Waals surface area contributed by atoms with Crippen molar-refractivity contribution in [2.24, 2.45) is 5.10 Å². The molecule has 188 valence electrons. The van der Waals surface area contributed by atoms with Gasteiger partial charge in [-0.25, -0.2) is 9.80 Å². The van der Waals surface area contributed by atoms with Gasteiger partial charge in [-0.1, -0.05) is 29.8 Å². The van der Waals surface area contributed by atoms with Crippen molar-refractivity contribution in [2.45, 2.75) is 45.7 Å². The van der Waals surface area contributed by atoms with Gasteiger partial charge in [0.1, 0.15) is 12.3 Å². The molecule has 0 aromatic heterocycles. The van der Waals surface area contributed by atoms with Gasteiger partial charge in [0, 0.05) is 25.6 Å². The molecule has 3 rings (SSSR count). The summed E-state index contributed by atoms with van der Waals surface area (Å²) in [5.74, 6) is 0.508. The number of hydrogen-bond acceptors (Lipinski definition) is 5. The van der Waals surface area contributed by atoms with Crippen LogP contribution in [0.15, 0.2) is 53.6 Å². The molecule has 2 aromatic carbocycles. The number of amides is 3. The maximum atomic E-state index is 13.6. The van der Waals surface area contributed by atoms with E-state index in [0.29, 0.717) is 19.6 Å². The Morgan fingerprint density at radius 3 is 2.31 bits per heavy atom. The van der Waals surface area contributed by atoms with Crippen molar-refractivity contribution in [2.75, 3.05) is 33.9 Å². The lowest BCUT2D eigenvalue weighted by Crippen LogP contribution is -2.52. The quantitative estimate of drug-likeness (QED) is 0.616. The first-order chi connectivity index (χ1) is 16.6. The number of carbonyl (C=O) groups is 2. The van der Waals surface area contributed by atoms with E-state index in [2.05, 4.69) is 5.32 Å². The predicted molar refractivity (Wildman–Crippen MR) is 137 cm³/mol. The number of rotatable bonds is 8. The molecular weight excluding hydrogens is 444 g/mol. The summed E-state index contributed by atoms with van der Waals surface area (Å²) in [7, 11) is 3.20. The fraction of sp³-hybridized carbons (Fsp3) is 0.444. The van der Waals surface area contributed by atoms with E-state index in [1.165, 1.54) is 9.91 Å². The third-order valence-corrected chi connectivity index (χ3v) is 5.71. The monoisotopic (exact) mass is 480 g/mol. The molecule has 0 fully saturated rings. The molecule has 1 atom stereocenters. The summed E-state index contributed by atoms with van der Waals surface area (Å²) in [6.07, 6.45) is 0.577. The maximum Gasteiger partial charge on any atom is 0.318 e. The van der Waals surface area contributed by atoms with Gasteiger partial charge in [0.05, 0.1) is 25.5 Å².